The molecular weight excluding hydrogens is 418 g/mol. The summed E-state index contributed by atoms with van der Waals surface area (Å²) in [5, 5.41) is 2.71. The standard InChI is InChI=1S/C23H32F2N4O3/c24-22(25)18-11-17(28-9-10-32-14-21(28)30)7-8-19(18)27-23(31)20(12-26)29(16-5-2-6-16)13-15-3-1-4-15/h7-8,11,15-16,20,22H,1-6,9-10,12-14,26H2,(H,27,31)/t20-/m1/s1. The highest BCUT2D eigenvalue weighted by Gasteiger charge is 2.36. The van der Waals surface area contributed by atoms with E-state index < -0.39 is 12.5 Å². The Labute approximate surface area is 187 Å². The molecule has 1 saturated heterocycles. The molecule has 0 aromatic heterocycles. The highest BCUT2D eigenvalue weighted by atomic mass is 19.3. The van der Waals surface area contributed by atoms with Gasteiger partial charge in [0.25, 0.3) is 12.3 Å². The highest BCUT2D eigenvalue weighted by molar-refractivity contribution is 5.97. The van der Waals surface area contributed by atoms with Gasteiger partial charge in [-0.1, -0.05) is 12.8 Å². The molecule has 1 aliphatic heterocycles. The van der Waals surface area contributed by atoms with Crippen LogP contribution in [0.4, 0.5) is 20.2 Å². The molecule has 1 aromatic carbocycles. The van der Waals surface area contributed by atoms with E-state index in [1.54, 1.807) is 6.07 Å². The van der Waals surface area contributed by atoms with Crippen LogP contribution in [0.3, 0.4) is 0 Å². The summed E-state index contributed by atoms with van der Waals surface area (Å²) in [7, 11) is 0. The minimum absolute atomic E-state index is 0.0603. The van der Waals surface area contributed by atoms with Gasteiger partial charge in [0, 0.05) is 42.6 Å². The molecule has 3 fully saturated rings. The maximum Gasteiger partial charge on any atom is 0.265 e. The van der Waals surface area contributed by atoms with Gasteiger partial charge in [0.15, 0.2) is 0 Å². The Morgan fingerprint density at radius 1 is 1.25 bits per heavy atom. The maximum absolute atomic E-state index is 13.9. The number of hydrogen-bond acceptors (Lipinski definition) is 5. The van der Waals surface area contributed by atoms with Crippen LogP contribution in [-0.2, 0) is 14.3 Å². The number of rotatable bonds is 9. The zero-order valence-electron chi connectivity index (χ0n) is 18.3. The molecule has 0 radical (unpaired) electrons. The predicted octanol–water partition coefficient (Wildman–Crippen LogP) is 2.91. The normalized spacial score (nSPS) is 20.9. The second kappa shape index (κ2) is 10.2. The molecule has 0 spiro atoms. The van der Waals surface area contributed by atoms with Crippen molar-refractivity contribution in [2.75, 3.05) is 43.1 Å². The molecule has 0 bridgehead atoms. The third kappa shape index (κ3) is 4.94. The van der Waals surface area contributed by atoms with Gasteiger partial charge in [0.1, 0.15) is 12.6 Å². The van der Waals surface area contributed by atoms with E-state index in [0.29, 0.717) is 30.8 Å². The number of morpholine rings is 1. The first-order valence-electron chi connectivity index (χ1n) is 11.5. The van der Waals surface area contributed by atoms with Crippen LogP contribution in [0, 0.1) is 5.92 Å². The Morgan fingerprint density at radius 2 is 2.00 bits per heavy atom. The Morgan fingerprint density at radius 3 is 2.56 bits per heavy atom. The number of carbonyl (C=O) groups excluding carboxylic acids is 2. The van der Waals surface area contributed by atoms with Gasteiger partial charge in [-0.3, -0.25) is 14.5 Å². The molecule has 2 saturated carbocycles. The monoisotopic (exact) mass is 450 g/mol. The summed E-state index contributed by atoms with van der Waals surface area (Å²) in [6.45, 7) is 1.56. The zero-order chi connectivity index (χ0) is 22.7. The smallest absolute Gasteiger partial charge is 0.265 e. The number of nitrogens with zero attached hydrogens (tertiary/aromatic N) is 2. The van der Waals surface area contributed by atoms with Crippen LogP contribution in [0.1, 0.15) is 50.5 Å². The number of nitrogens with two attached hydrogens (primary N) is 1. The SMILES string of the molecule is NC[C@H](C(=O)Nc1ccc(N2CCOCC2=O)cc1C(F)F)N(CC1CCC1)C1CCC1. The van der Waals surface area contributed by atoms with Crippen molar-refractivity contribution in [1.29, 1.82) is 0 Å². The van der Waals surface area contributed by atoms with Crippen molar-refractivity contribution < 1.29 is 23.1 Å². The van der Waals surface area contributed by atoms with Gasteiger partial charge in [-0.15, -0.1) is 0 Å². The number of ether oxygens (including phenoxy) is 1. The first kappa shape index (κ1) is 23.1. The quantitative estimate of drug-likeness (QED) is 0.604. The Balaban J connectivity index is 1.51. The fraction of sp³-hybridized carbons (Fsp3) is 0.652. The lowest BCUT2D eigenvalue weighted by Crippen LogP contribution is -2.56. The van der Waals surface area contributed by atoms with E-state index in [9.17, 15) is 18.4 Å². The van der Waals surface area contributed by atoms with E-state index in [0.717, 1.165) is 25.8 Å². The summed E-state index contributed by atoms with van der Waals surface area (Å²) in [5.74, 6) is -0.0428. The molecule has 32 heavy (non-hydrogen) atoms. The molecule has 7 nitrogen and oxygen atoms in total. The number of nitrogens with one attached hydrogen (secondary N) is 1. The van der Waals surface area contributed by atoms with E-state index in [1.807, 2.05) is 0 Å². The summed E-state index contributed by atoms with van der Waals surface area (Å²) < 4.78 is 32.8. The van der Waals surface area contributed by atoms with Gasteiger partial charge in [0.2, 0.25) is 5.91 Å². The third-order valence-corrected chi connectivity index (χ3v) is 6.99. The number of anilines is 2. The second-order valence-electron chi connectivity index (χ2n) is 8.99. The minimum atomic E-state index is -2.80. The van der Waals surface area contributed by atoms with Crippen molar-refractivity contribution in [2.45, 2.75) is 57.0 Å². The second-order valence-corrected chi connectivity index (χ2v) is 8.99. The van der Waals surface area contributed by atoms with Crippen molar-refractivity contribution >= 4 is 23.2 Å². The molecule has 1 aromatic rings. The Bertz CT molecular complexity index is 829. The molecule has 0 unspecified atom stereocenters. The molecule has 2 aliphatic carbocycles. The third-order valence-electron chi connectivity index (χ3n) is 6.99. The van der Waals surface area contributed by atoms with Gasteiger partial charge in [-0.2, -0.15) is 0 Å². The van der Waals surface area contributed by atoms with E-state index in [1.165, 1.54) is 36.3 Å². The number of alkyl halides is 2. The van der Waals surface area contributed by atoms with E-state index in [4.69, 9.17) is 10.5 Å². The number of amides is 2. The van der Waals surface area contributed by atoms with Crippen LogP contribution < -0.4 is 16.0 Å². The molecule has 2 amide bonds. The van der Waals surface area contributed by atoms with Gasteiger partial charge in [0.05, 0.1) is 6.61 Å². The predicted molar refractivity (Wildman–Crippen MR) is 118 cm³/mol. The van der Waals surface area contributed by atoms with Crippen LogP contribution in [-0.4, -0.2) is 61.6 Å². The number of carbonyl (C=O) groups is 2. The lowest BCUT2D eigenvalue weighted by Gasteiger charge is -2.44. The fourth-order valence-corrected chi connectivity index (χ4v) is 4.64. The minimum Gasteiger partial charge on any atom is -0.370 e. The van der Waals surface area contributed by atoms with Crippen molar-refractivity contribution in [1.82, 2.24) is 4.90 Å². The molecule has 4 rings (SSSR count). The van der Waals surface area contributed by atoms with Gasteiger partial charge in [-0.05, 0) is 49.8 Å². The summed E-state index contributed by atoms with van der Waals surface area (Å²) in [5.41, 5.74) is 6.14. The highest BCUT2D eigenvalue weighted by Crippen LogP contribution is 2.34. The molecule has 176 valence electrons. The average molecular weight is 451 g/mol. The Hall–Kier alpha value is -2.10. The molecular formula is C23H32F2N4O3. The van der Waals surface area contributed by atoms with Crippen molar-refractivity contribution in [2.24, 2.45) is 11.7 Å². The van der Waals surface area contributed by atoms with E-state index in [-0.39, 0.29) is 36.2 Å². The van der Waals surface area contributed by atoms with Crippen LogP contribution >= 0.6 is 0 Å². The number of benzene rings is 1. The summed E-state index contributed by atoms with van der Waals surface area (Å²) >= 11 is 0. The molecule has 1 atom stereocenters. The van der Waals surface area contributed by atoms with E-state index in [2.05, 4.69) is 10.2 Å². The Kier molecular flexibility index (Phi) is 7.37. The molecule has 1 heterocycles. The largest absolute Gasteiger partial charge is 0.370 e. The van der Waals surface area contributed by atoms with Crippen molar-refractivity contribution in [3.05, 3.63) is 23.8 Å². The van der Waals surface area contributed by atoms with Crippen LogP contribution in [0.2, 0.25) is 0 Å². The first-order chi connectivity index (χ1) is 15.5. The van der Waals surface area contributed by atoms with Crippen LogP contribution in [0.5, 0.6) is 0 Å². The fourth-order valence-electron chi connectivity index (χ4n) is 4.64. The van der Waals surface area contributed by atoms with Crippen LogP contribution in [0.25, 0.3) is 0 Å². The summed E-state index contributed by atoms with van der Waals surface area (Å²) in [6, 6.07) is 4.09. The molecule has 3 N–H and O–H groups in total. The first-order valence-corrected chi connectivity index (χ1v) is 11.5. The van der Waals surface area contributed by atoms with E-state index >= 15 is 0 Å². The maximum atomic E-state index is 13.9. The molecule has 3 aliphatic rings. The van der Waals surface area contributed by atoms with Crippen molar-refractivity contribution in [3.63, 3.8) is 0 Å². The number of hydrogen-bond donors (Lipinski definition) is 2. The molecule has 9 heteroatoms. The van der Waals surface area contributed by atoms with Crippen molar-refractivity contribution in [3.8, 4) is 0 Å². The van der Waals surface area contributed by atoms with Gasteiger partial charge >= 0.3 is 0 Å². The topological polar surface area (TPSA) is 87.9 Å². The lowest BCUT2D eigenvalue weighted by molar-refractivity contribution is -0.125. The average Bonchev–Trinajstić information content (AvgIpc) is 2.70. The summed E-state index contributed by atoms with van der Waals surface area (Å²) in [4.78, 5) is 28.9. The lowest BCUT2D eigenvalue weighted by atomic mass is 9.82. The zero-order valence-corrected chi connectivity index (χ0v) is 18.3. The van der Waals surface area contributed by atoms with Gasteiger partial charge in [-0.25, -0.2) is 8.78 Å². The number of halogens is 2. The summed E-state index contributed by atoms with van der Waals surface area (Å²) in [6.07, 6.45) is 3.98. The van der Waals surface area contributed by atoms with Gasteiger partial charge < -0.3 is 20.7 Å². The van der Waals surface area contributed by atoms with Crippen LogP contribution in [0.15, 0.2) is 18.2 Å².